The first-order valence-corrected chi connectivity index (χ1v) is 6.75. The normalized spacial score (nSPS) is 10.2. The minimum absolute atomic E-state index is 0.236. The number of ether oxygens (including phenoxy) is 1. The summed E-state index contributed by atoms with van der Waals surface area (Å²) in [5.41, 5.74) is 2.42. The molecule has 0 fully saturated rings. The number of nitrogens with one attached hydrogen (secondary N) is 1. The van der Waals surface area contributed by atoms with Gasteiger partial charge in [-0.05, 0) is 47.1 Å². The molecule has 0 aromatic heterocycles. The lowest BCUT2D eigenvalue weighted by Crippen LogP contribution is -2.03. The van der Waals surface area contributed by atoms with Crippen LogP contribution in [-0.2, 0) is 0 Å². The molecule has 0 bridgehead atoms. The first kappa shape index (κ1) is 14.4. The summed E-state index contributed by atoms with van der Waals surface area (Å²) < 4.78 is 6.00. The van der Waals surface area contributed by atoms with E-state index in [-0.39, 0.29) is 5.56 Å². The predicted octanol–water partition coefficient (Wildman–Crippen LogP) is 4.21. The van der Waals surface area contributed by atoms with E-state index in [9.17, 15) is 9.90 Å². The molecule has 0 aliphatic carbocycles. The highest BCUT2D eigenvalue weighted by molar-refractivity contribution is 9.10. The van der Waals surface area contributed by atoms with Gasteiger partial charge in [0.25, 0.3) is 0 Å². The fourth-order valence-electron chi connectivity index (χ4n) is 1.82. The smallest absolute Gasteiger partial charge is 0.337 e. The van der Waals surface area contributed by atoms with E-state index in [0.717, 1.165) is 15.7 Å². The van der Waals surface area contributed by atoms with Crippen molar-refractivity contribution in [2.75, 3.05) is 12.4 Å². The molecule has 4 nitrogen and oxygen atoms in total. The average Bonchev–Trinajstić information content (AvgIpc) is 2.42. The lowest BCUT2D eigenvalue weighted by atomic mass is 10.1. The third kappa shape index (κ3) is 3.11. The Morgan fingerprint density at radius 1 is 1.20 bits per heavy atom. The number of halogens is 1. The second kappa shape index (κ2) is 5.96. The number of rotatable bonds is 4. The summed E-state index contributed by atoms with van der Waals surface area (Å²) in [6.07, 6.45) is 0. The van der Waals surface area contributed by atoms with Gasteiger partial charge in [-0.2, -0.15) is 0 Å². The topological polar surface area (TPSA) is 58.6 Å². The maximum Gasteiger partial charge on any atom is 0.337 e. The molecule has 2 rings (SSSR count). The molecule has 0 radical (unpaired) electrons. The van der Waals surface area contributed by atoms with Crippen molar-refractivity contribution in [1.82, 2.24) is 0 Å². The van der Waals surface area contributed by atoms with Crippen LogP contribution in [-0.4, -0.2) is 18.2 Å². The molecule has 2 aromatic carbocycles. The van der Waals surface area contributed by atoms with E-state index in [1.807, 2.05) is 25.1 Å². The van der Waals surface area contributed by atoms with Crippen LogP contribution < -0.4 is 10.1 Å². The fourth-order valence-corrected chi connectivity index (χ4v) is 2.16. The van der Waals surface area contributed by atoms with E-state index < -0.39 is 5.97 Å². The summed E-state index contributed by atoms with van der Waals surface area (Å²) in [4.78, 5) is 11.3. The molecule has 0 heterocycles. The summed E-state index contributed by atoms with van der Waals surface area (Å²) in [5, 5.41) is 12.4. The van der Waals surface area contributed by atoms with Gasteiger partial charge in [0.2, 0.25) is 0 Å². The van der Waals surface area contributed by atoms with Gasteiger partial charge in [-0.15, -0.1) is 0 Å². The zero-order chi connectivity index (χ0) is 14.7. The summed E-state index contributed by atoms with van der Waals surface area (Å²) in [5.74, 6) is -0.269. The Balaban J connectivity index is 2.42. The number of anilines is 2. The Morgan fingerprint density at radius 2 is 1.95 bits per heavy atom. The van der Waals surface area contributed by atoms with E-state index in [2.05, 4.69) is 21.2 Å². The van der Waals surface area contributed by atoms with Crippen molar-refractivity contribution in [3.05, 3.63) is 52.0 Å². The number of hydrogen-bond donors (Lipinski definition) is 2. The molecule has 104 valence electrons. The van der Waals surface area contributed by atoms with Gasteiger partial charge in [0.1, 0.15) is 5.75 Å². The molecule has 0 amide bonds. The van der Waals surface area contributed by atoms with E-state index in [4.69, 9.17) is 4.74 Å². The number of carboxylic acids is 1. The minimum Gasteiger partial charge on any atom is -0.497 e. The standard InChI is InChI=1S/C15H14BrNO3/c1-9-3-6-13(11(7-9)15(18)19)17-14-8-10(20-2)4-5-12(14)16/h3-8,17H,1-2H3,(H,18,19). The van der Waals surface area contributed by atoms with E-state index >= 15 is 0 Å². The number of carboxylic acid groups (broad SMARTS) is 1. The molecule has 0 spiro atoms. The van der Waals surface area contributed by atoms with Gasteiger partial charge >= 0.3 is 5.97 Å². The largest absolute Gasteiger partial charge is 0.497 e. The first-order chi connectivity index (χ1) is 9.51. The number of carbonyl (C=O) groups is 1. The number of hydrogen-bond acceptors (Lipinski definition) is 3. The third-order valence-corrected chi connectivity index (χ3v) is 3.54. The van der Waals surface area contributed by atoms with Crippen molar-refractivity contribution in [3.63, 3.8) is 0 Å². The van der Waals surface area contributed by atoms with Gasteiger partial charge in [0.15, 0.2) is 0 Å². The molecule has 0 saturated carbocycles. The monoisotopic (exact) mass is 335 g/mol. The first-order valence-electron chi connectivity index (χ1n) is 5.96. The molecule has 0 unspecified atom stereocenters. The molecule has 2 N–H and O–H groups in total. The van der Waals surface area contributed by atoms with Crippen molar-refractivity contribution >= 4 is 33.3 Å². The Labute approximate surface area is 125 Å². The van der Waals surface area contributed by atoms with Crippen molar-refractivity contribution in [2.24, 2.45) is 0 Å². The van der Waals surface area contributed by atoms with Crippen LogP contribution in [0, 0.1) is 6.92 Å². The highest BCUT2D eigenvalue weighted by atomic mass is 79.9. The molecule has 0 atom stereocenters. The van der Waals surface area contributed by atoms with Crippen LogP contribution in [0.2, 0.25) is 0 Å². The van der Waals surface area contributed by atoms with Crippen LogP contribution in [0.25, 0.3) is 0 Å². The predicted molar refractivity (Wildman–Crippen MR) is 82.1 cm³/mol. The van der Waals surface area contributed by atoms with Crippen molar-refractivity contribution in [1.29, 1.82) is 0 Å². The summed E-state index contributed by atoms with van der Waals surface area (Å²) in [7, 11) is 1.58. The van der Waals surface area contributed by atoms with Crippen molar-refractivity contribution in [3.8, 4) is 5.75 Å². The second-order valence-corrected chi connectivity index (χ2v) is 5.18. The molecule has 20 heavy (non-hydrogen) atoms. The van der Waals surface area contributed by atoms with Crippen LogP contribution in [0.1, 0.15) is 15.9 Å². The van der Waals surface area contributed by atoms with Crippen LogP contribution >= 0.6 is 15.9 Å². The highest BCUT2D eigenvalue weighted by Gasteiger charge is 2.12. The Bertz CT molecular complexity index is 656. The van der Waals surface area contributed by atoms with Gasteiger partial charge in [-0.1, -0.05) is 11.6 Å². The SMILES string of the molecule is COc1ccc(Br)c(Nc2ccc(C)cc2C(=O)O)c1. The molecule has 5 heteroatoms. The lowest BCUT2D eigenvalue weighted by molar-refractivity contribution is 0.0698. The summed E-state index contributed by atoms with van der Waals surface area (Å²) in [6.45, 7) is 1.86. The van der Waals surface area contributed by atoms with Crippen LogP contribution in [0.5, 0.6) is 5.75 Å². The van der Waals surface area contributed by atoms with Gasteiger partial charge in [-0.3, -0.25) is 0 Å². The fraction of sp³-hybridized carbons (Fsp3) is 0.133. The number of aryl methyl sites for hydroxylation is 1. The summed E-state index contributed by atoms with van der Waals surface area (Å²) >= 11 is 3.43. The quantitative estimate of drug-likeness (QED) is 0.878. The molecule has 0 saturated heterocycles. The highest BCUT2D eigenvalue weighted by Crippen LogP contribution is 2.31. The molecular weight excluding hydrogens is 322 g/mol. The zero-order valence-electron chi connectivity index (χ0n) is 11.1. The van der Waals surface area contributed by atoms with Crippen molar-refractivity contribution < 1.29 is 14.6 Å². The van der Waals surface area contributed by atoms with E-state index in [1.165, 1.54) is 0 Å². The van der Waals surface area contributed by atoms with Gasteiger partial charge < -0.3 is 15.2 Å². The summed E-state index contributed by atoms with van der Waals surface area (Å²) in [6, 6.07) is 10.7. The second-order valence-electron chi connectivity index (χ2n) is 4.32. The van der Waals surface area contributed by atoms with Gasteiger partial charge in [0, 0.05) is 10.5 Å². The van der Waals surface area contributed by atoms with Crippen LogP contribution in [0.3, 0.4) is 0 Å². The third-order valence-electron chi connectivity index (χ3n) is 2.85. The lowest BCUT2D eigenvalue weighted by Gasteiger charge is -2.13. The zero-order valence-corrected chi connectivity index (χ0v) is 12.7. The molecule has 0 aliphatic heterocycles. The average molecular weight is 336 g/mol. The van der Waals surface area contributed by atoms with Crippen LogP contribution in [0.4, 0.5) is 11.4 Å². The van der Waals surface area contributed by atoms with Gasteiger partial charge in [0.05, 0.1) is 24.0 Å². The number of benzene rings is 2. The molecular formula is C15H14BrNO3. The van der Waals surface area contributed by atoms with Crippen molar-refractivity contribution in [2.45, 2.75) is 6.92 Å². The van der Waals surface area contributed by atoms with Gasteiger partial charge in [-0.25, -0.2) is 4.79 Å². The molecule has 2 aromatic rings. The van der Waals surface area contributed by atoms with E-state index in [0.29, 0.717) is 11.4 Å². The Kier molecular flexibility index (Phi) is 4.29. The number of methoxy groups -OCH3 is 1. The number of aromatic carboxylic acids is 1. The minimum atomic E-state index is -0.963. The Morgan fingerprint density at radius 3 is 2.60 bits per heavy atom. The Hall–Kier alpha value is -2.01. The molecule has 0 aliphatic rings. The van der Waals surface area contributed by atoms with Crippen LogP contribution in [0.15, 0.2) is 40.9 Å². The maximum atomic E-state index is 11.3. The van der Waals surface area contributed by atoms with E-state index in [1.54, 1.807) is 25.3 Å². The maximum absolute atomic E-state index is 11.3.